The molecule has 12 heteroatoms. The van der Waals surface area contributed by atoms with Crippen LogP contribution in [0.3, 0.4) is 0 Å². The standard InChI is InChI=1S/C18H13N3O9/c1-28-16(24)12-15(19)30-13-11(23)5-8(6-22)29-14(13)18(12)9-4-7(21(26)27)2-3-10(9)20-17(18)25/h2-5,22H,6,19H2,1H3,(H,20,25). The Morgan fingerprint density at radius 2 is 2.10 bits per heavy atom. The number of amides is 1. The minimum Gasteiger partial charge on any atom is -0.465 e. The number of fused-ring (bicyclic) bond motifs is 4. The van der Waals surface area contributed by atoms with Gasteiger partial charge in [0.15, 0.2) is 11.2 Å². The molecule has 0 fully saturated rings. The molecule has 1 amide bonds. The SMILES string of the molecule is COC(=O)C1=C(N)Oc2c(oc(CO)cc2=O)C12C(=O)Nc1ccc([N+](=O)[O-])cc12. The number of aliphatic hydroxyl groups excluding tert-OH is 1. The smallest absolute Gasteiger partial charge is 0.341 e. The van der Waals surface area contributed by atoms with E-state index in [1.807, 2.05) is 0 Å². The number of benzene rings is 1. The number of nitrogens with one attached hydrogen (secondary N) is 1. The summed E-state index contributed by atoms with van der Waals surface area (Å²) < 4.78 is 15.6. The highest BCUT2D eigenvalue weighted by Crippen LogP contribution is 2.53. The number of esters is 1. The van der Waals surface area contributed by atoms with Crippen LogP contribution in [-0.2, 0) is 26.3 Å². The predicted molar refractivity (Wildman–Crippen MR) is 97.3 cm³/mol. The number of ether oxygens (including phenoxy) is 2. The summed E-state index contributed by atoms with van der Waals surface area (Å²) in [7, 11) is 1.04. The van der Waals surface area contributed by atoms with Crippen LogP contribution in [0.1, 0.15) is 17.1 Å². The number of hydrogen-bond acceptors (Lipinski definition) is 10. The molecule has 1 spiro atoms. The number of hydrogen-bond donors (Lipinski definition) is 3. The molecule has 0 saturated heterocycles. The fourth-order valence-corrected chi connectivity index (χ4v) is 3.64. The number of anilines is 1. The van der Waals surface area contributed by atoms with Gasteiger partial charge in [0.25, 0.3) is 5.69 Å². The minimum atomic E-state index is -2.21. The van der Waals surface area contributed by atoms with Gasteiger partial charge < -0.3 is 30.0 Å². The highest BCUT2D eigenvalue weighted by molar-refractivity contribution is 6.17. The quantitative estimate of drug-likeness (QED) is 0.350. The molecule has 0 bridgehead atoms. The summed E-state index contributed by atoms with van der Waals surface area (Å²) >= 11 is 0. The Morgan fingerprint density at radius 3 is 2.73 bits per heavy atom. The molecule has 1 atom stereocenters. The Bertz CT molecular complexity index is 1230. The average Bonchev–Trinajstić information content (AvgIpc) is 3.00. The molecule has 3 heterocycles. The third kappa shape index (κ3) is 2.34. The second-order valence-corrected chi connectivity index (χ2v) is 6.42. The van der Waals surface area contributed by atoms with Crippen LogP contribution in [0.25, 0.3) is 0 Å². The van der Waals surface area contributed by atoms with Gasteiger partial charge in [0, 0.05) is 29.4 Å². The number of nitrogens with two attached hydrogens (primary N) is 1. The van der Waals surface area contributed by atoms with E-state index >= 15 is 0 Å². The van der Waals surface area contributed by atoms with Gasteiger partial charge >= 0.3 is 5.97 Å². The lowest BCUT2D eigenvalue weighted by atomic mass is 9.71. The summed E-state index contributed by atoms with van der Waals surface area (Å²) in [5.41, 5.74) is 2.06. The van der Waals surface area contributed by atoms with Crippen molar-refractivity contribution in [1.82, 2.24) is 0 Å². The van der Waals surface area contributed by atoms with Crippen molar-refractivity contribution < 1.29 is 33.5 Å². The van der Waals surface area contributed by atoms with Crippen molar-refractivity contribution in [3.05, 3.63) is 73.1 Å². The molecule has 30 heavy (non-hydrogen) atoms. The van der Waals surface area contributed by atoms with Gasteiger partial charge in [-0.3, -0.25) is 19.7 Å². The summed E-state index contributed by atoms with van der Waals surface area (Å²) in [6.45, 7) is -0.700. The maximum Gasteiger partial charge on any atom is 0.341 e. The molecule has 4 N–H and O–H groups in total. The van der Waals surface area contributed by atoms with E-state index in [2.05, 4.69) is 5.32 Å². The summed E-state index contributed by atoms with van der Waals surface area (Å²) in [6, 6.07) is 4.42. The van der Waals surface area contributed by atoms with E-state index in [-0.39, 0.29) is 22.7 Å². The maximum atomic E-state index is 13.3. The molecule has 0 saturated carbocycles. The van der Waals surface area contributed by atoms with Gasteiger partial charge in [-0.15, -0.1) is 0 Å². The Morgan fingerprint density at radius 1 is 1.37 bits per heavy atom. The normalized spacial score (nSPS) is 19.1. The van der Waals surface area contributed by atoms with E-state index in [0.29, 0.717) is 0 Å². The average molecular weight is 415 g/mol. The topological polar surface area (TPSA) is 184 Å². The summed E-state index contributed by atoms with van der Waals surface area (Å²) in [5.74, 6) is -3.72. The van der Waals surface area contributed by atoms with Crippen LogP contribution in [0.15, 0.2) is 44.9 Å². The van der Waals surface area contributed by atoms with Gasteiger partial charge in [0.2, 0.25) is 23.0 Å². The van der Waals surface area contributed by atoms with Gasteiger partial charge in [-0.25, -0.2) is 4.79 Å². The summed E-state index contributed by atoms with van der Waals surface area (Å²) in [5, 5.41) is 23.3. The van der Waals surface area contributed by atoms with E-state index in [1.54, 1.807) is 0 Å². The Labute approximate surface area is 166 Å². The molecule has 154 valence electrons. The zero-order valence-electron chi connectivity index (χ0n) is 15.3. The number of carbonyl (C=O) groups is 2. The number of nitro benzene ring substituents is 1. The van der Waals surface area contributed by atoms with E-state index in [4.69, 9.17) is 19.6 Å². The fourth-order valence-electron chi connectivity index (χ4n) is 3.64. The van der Waals surface area contributed by atoms with Crippen LogP contribution in [0.2, 0.25) is 0 Å². The van der Waals surface area contributed by atoms with Crippen LogP contribution in [0.4, 0.5) is 11.4 Å². The molecule has 4 rings (SSSR count). The van der Waals surface area contributed by atoms with Gasteiger partial charge in [0.1, 0.15) is 17.9 Å². The van der Waals surface area contributed by atoms with Crippen molar-refractivity contribution >= 4 is 23.3 Å². The molecule has 0 radical (unpaired) electrons. The molecule has 1 aromatic heterocycles. The lowest BCUT2D eigenvalue weighted by Crippen LogP contribution is -2.46. The lowest BCUT2D eigenvalue weighted by molar-refractivity contribution is -0.384. The molecule has 2 aliphatic rings. The van der Waals surface area contributed by atoms with Crippen LogP contribution >= 0.6 is 0 Å². The number of aliphatic hydroxyl groups is 1. The van der Waals surface area contributed by atoms with Crippen LogP contribution in [0, 0.1) is 10.1 Å². The molecule has 0 aliphatic carbocycles. The zero-order valence-corrected chi connectivity index (χ0v) is 15.3. The van der Waals surface area contributed by atoms with Crippen molar-refractivity contribution in [2.75, 3.05) is 12.4 Å². The van der Waals surface area contributed by atoms with Gasteiger partial charge in [-0.05, 0) is 6.07 Å². The highest BCUT2D eigenvalue weighted by atomic mass is 16.6. The molecule has 2 aliphatic heterocycles. The predicted octanol–water partition coefficient (Wildman–Crippen LogP) is 0.0142. The van der Waals surface area contributed by atoms with Crippen LogP contribution in [0.5, 0.6) is 5.75 Å². The largest absolute Gasteiger partial charge is 0.465 e. The van der Waals surface area contributed by atoms with Gasteiger partial charge in [0.05, 0.1) is 12.0 Å². The Kier molecular flexibility index (Phi) is 4.10. The Hall–Kier alpha value is -4.19. The van der Waals surface area contributed by atoms with E-state index in [9.17, 15) is 29.6 Å². The number of rotatable bonds is 3. The number of nitro groups is 1. The highest BCUT2D eigenvalue weighted by Gasteiger charge is 2.61. The second kappa shape index (κ2) is 6.42. The van der Waals surface area contributed by atoms with E-state index < -0.39 is 57.2 Å². The van der Waals surface area contributed by atoms with Crippen molar-refractivity contribution in [3.8, 4) is 5.75 Å². The third-order valence-electron chi connectivity index (χ3n) is 4.88. The molecule has 1 aromatic carbocycles. The number of methoxy groups -OCH3 is 1. The van der Waals surface area contributed by atoms with Crippen molar-refractivity contribution in [2.45, 2.75) is 12.0 Å². The maximum absolute atomic E-state index is 13.3. The summed E-state index contributed by atoms with van der Waals surface area (Å²) in [4.78, 5) is 49.1. The molecule has 1 unspecified atom stereocenters. The third-order valence-corrected chi connectivity index (χ3v) is 4.88. The first kappa shape index (κ1) is 19.1. The first-order valence-electron chi connectivity index (χ1n) is 8.40. The molecular formula is C18H13N3O9. The molecule has 2 aromatic rings. The number of nitrogens with zero attached hydrogens (tertiary/aromatic N) is 1. The fraction of sp³-hybridized carbons (Fsp3) is 0.167. The van der Waals surface area contributed by atoms with E-state index in [0.717, 1.165) is 25.3 Å². The molecular weight excluding hydrogens is 402 g/mol. The van der Waals surface area contributed by atoms with Gasteiger partial charge in [-0.1, -0.05) is 0 Å². The molecule has 12 nitrogen and oxygen atoms in total. The zero-order chi connectivity index (χ0) is 21.8. The number of carbonyl (C=O) groups excluding carboxylic acids is 2. The van der Waals surface area contributed by atoms with Gasteiger partial charge in [-0.2, -0.15) is 0 Å². The van der Waals surface area contributed by atoms with Crippen molar-refractivity contribution in [2.24, 2.45) is 5.73 Å². The van der Waals surface area contributed by atoms with Crippen molar-refractivity contribution in [1.29, 1.82) is 0 Å². The van der Waals surface area contributed by atoms with E-state index in [1.165, 1.54) is 6.07 Å². The first-order valence-corrected chi connectivity index (χ1v) is 8.40. The second-order valence-electron chi connectivity index (χ2n) is 6.42. The Balaban J connectivity index is 2.19. The monoisotopic (exact) mass is 415 g/mol. The summed E-state index contributed by atoms with van der Waals surface area (Å²) in [6.07, 6.45) is 0. The number of non-ortho nitro benzene ring substituents is 1. The first-order chi connectivity index (χ1) is 14.2. The minimum absolute atomic E-state index is 0.0622. The van der Waals surface area contributed by atoms with Crippen LogP contribution < -0.4 is 21.2 Å². The van der Waals surface area contributed by atoms with Crippen LogP contribution in [-0.4, -0.2) is 29.0 Å². The van der Waals surface area contributed by atoms with Crippen molar-refractivity contribution in [3.63, 3.8) is 0 Å². The lowest BCUT2D eigenvalue weighted by Gasteiger charge is -2.33.